The van der Waals surface area contributed by atoms with Gasteiger partial charge in [0.2, 0.25) is 0 Å². The van der Waals surface area contributed by atoms with E-state index in [1.807, 2.05) is 34.6 Å². The summed E-state index contributed by atoms with van der Waals surface area (Å²) in [7, 11) is 0. The van der Waals surface area contributed by atoms with Gasteiger partial charge in [0.1, 0.15) is 0 Å². The van der Waals surface area contributed by atoms with Crippen LogP contribution in [0.3, 0.4) is 0 Å². The van der Waals surface area contributed by atoms with Crippen molar-refractivity contribution >= 4 is 12.0 Å². The molecule has 19 heavy (non-hydrogen) atoms. The van der Waals surface area contributed by atoms with Crippen molar-refractivity contribution in [1.82, 2.24) is 10.2 Å². The topological polar surface area (TPSA) is 69.6 Å². The normalized spacial score (nSPS) is 24.9. The molecule has 1 heterocycles. The lowest BCUT2D eigenvalue weighted by Gasteiger charge is -2.29. The van der Waals surface area contributed by atoms with Crippen LogP contribution in [0, 0.1) is 17.3 Å². The second-order valence-electron chi connectivity index (χ2n) is 6.27. The number of likely N-dealkylation sites (tertiary alicyclic amines) is 1. The Morgan fingerprint density at radius 2 is 1.79 bits per heavy atom. The molecule has 110 valence electrons. The Balaban J connectivity index is 2.70. The zero-order chi connectivity index (χ0) is 14.8. The van der Waals surface area contributed by atoms with Crippen molar-refractivity contribution < 1.29 is 14.7 Å². The summed E-state index contributed by atoms with van der Waals surface area (Å²) in [6.07, 6.45) is 0.531. The Labute approximate surface area is 115 Å². The van der Waals surface area contributed by atoms with Crippen LogP contribution in [0.5, 0.6) is 0 Å². The maximum atomic E-state index is 12.1. The molecule has 5 nitrogen and oxygen atoms in total. The SMILES string of the molecule is CC(C)C(C)NC(=O)N1CCC(C(=O)O)(C(C)C)C1. The molecule has 0 aromatic rings. The van der Waals surface area contributed by atoms with Crippen LogP contribution in [0.1, 0.15) is 41.0 Å². The standard InChI is InChI=1S/C14H26N2O3/c1-9(2)11(5)15-13(19)16-7-6-14(8-16,10(3)4)12(17)18/h9-11H,6-8H2,1-5H3,(H,15,19)(H,17,18). The van der Waals surface area contributed by atoms with Gasteiger partial charge in [0.05, 0.1) is 5.41 Å². The van der Waals surface area contributed by atoms with E-state index in [1.165, 1.54) is 0 Å². The van der Waals surface area contributed by atoms with E-state index in [1.54, 1.807) is 4.90 Å². The van der Waals surface area contributed by atoms with Crippen LogP contribution in [0.4, 0.5) is 4.79 Å². The quantitative estimate of drug-likeness (QED) is 0.822. The molecule has 0 aromatic heterocycles. The number of hydrogen-bond acceptors (Lipinski definition) is 2. The molecule has 2 atom stereocenters. The summed E-state index contributed by atoms with van der Waals surface area (Å²) in [5.74, 6) is -0.416. The first-order valence-electron chi connectivity index (χ1n) is 6.99. The van der Waals surface area contributed by atoms with Crippen LogP contribution in [-0.2, 0) is 4.79 Å². The molecule has 0 saturated carbocycles. The van der Waals surface area contributed by atoms with Crippen LogP contribution >= 0.6 is 0 Å². The zero-order valence-corrected chi connectivity index (χ0v) is 12.6. The molecule has 2 N–H and O–H groups in total. The molecule has 2 amide bonds. The number of rotatable bonds is 4. The fourth-order valence-electron chi connectivity index (χ4n) is 2.35. The number of carbonyl (C=O) groups excluding carboxylic acids is 1. The molecule has 0 aliphatic carbocycles. The average molecular weight is 270 g/mol. The summed E-state index contributed by atoms with van der Waals surface area (Å²) < 4.78 is 0. The molecular weight excluding hydrogens is 244 g/mol. The van der Waals surface area contributed by atoms with Gasteiger partial charge in [0, 0.05) is 19.1 Å². The second-order valence-corrected chi connectivity index (χ2v) is 6.27. The molecular formula is C14H26N2O3. The number of carbonyl (C=O) groups is 2. The van der Waals surface area contributed by atoms with Crippen molar-refractivity contribution in [3.05, 3.63) is 0 Å². The molecule has 1 aliphatic rings. The lowest BCUT2D eigenvalue weighted by Crippen LogP contribution is -2.47. The number of amides is 2. The fraction of sp³-hybridized carbons (Fsp3) is 0.857. The van der Waals surface area contributed by atoms with Gasteiger partial charge >= 0.3 is 12.0 Å². The molecule has 1 rings (SSSR count). The Bertz CT molecular complexity index is 355. The van der Waals surface area contributed by atoms with Gasteiger partial charge in [-0.05, 0) is 25.2 Å². The lowest BCUT2D eigenvalue weighted by atomic mass is 9.76. The number of nitrogens with zero attached hydrogens (tertiary/aromatic N) is 1. The van der Waals surface area contributed by atoms with Gasteiger partial charge in [-0.2, -0.15) is 0 Å². The fourth-order valence-corrected chi connectivity index (χ4v) is 2.35. The largest absolute Gasteiger partial charge is 0.481 e. The Kier molecular flexibility index (Phi) is 4.82. The van der Waals surface area contributed by atoms with E-state index >= 15 is 0 Å². The van der Waals surface area contributed by atoms with E-state index in [0.717, 1.165) is 0 Å². The average Bonchev–Trinajstić information content (AvgIpc) is 2.74. The number of carboxylic acids is 1. The minimum atomic E-state index is -0.797. The zero-order valence-electron chi connectivity index (χ0n) is 12.6. The summed E-state index contributed by atoms with van der Waals surface area (Å²) in [5, 5.41) is 12.4. The molecule has 1 fully saturated rings. The van der Waals surface area contributed by atoms with Gasteiger partial charge in [-0.1, -0.05) is 27.7 Å². The third-order valence-corrected chi connectivity index (χ3v) is 4.47. The van der Waals surface area contributed by atoms with E-state index < -0.39 is 11.4 Å². The Hall–Kier alpha value is -1.26. The highest BCUT2D eigenvalue weighted by Gasteiger charge is 2.48. The Morgan fingerprint density at radius 3 is 2.16 bits per heavy atom. The minimum Gasteiger partial charge on any atom is -0.481 e. The predicted molar refractivity (Wildman–Crippen MR) is 73.9 cm³/mol. The number of aliphatic carboxylic acids is 1. The summed E-state index contributed by atoms with van der Waals surface area (Å²) in [5.41, 5.74) is -0.793. The minimum absolute atomic E-state index is 0.0188. The van der Waals surface area contributed by atoms with Gasteiger partial charge in [-0.15, -0.1) is 0 Å². The summed E-state index contributed by atoms with van der Waals surface area (Å²) in [4.78, 5) is 25.3. The van der Waals surface area contributed by atoms with Crippen LogP contribution < -0.4 is 5.32 Å². The number of urea groups is 1. The molecule has 1 saturated heterocycles. The van der Waals surface area contributed by atoms with E-state index in [0.29, 0.717) is 25.4 Å². The number of nitrogens with one attached hydrogen (secondary N) is 1. The van der Waals surface area contributed by atoms with Gasteiger partial charge in [-0.25, -0.2) is 4.79 Å². The molecule has 0 radical (unpaired) electrons. The summed E-state index contributed by atoms with van der Waals surface area (Å²) >= 11 is 0. The highest BCUT2D eigenvalue weighted by molar-refractivity contribution is 5.80. The van der Waals surface area contributed by atoms with Gasteiger partial charge in [0.15, 0.2) is 0 Å². The van der Waals surface area contributed by atoms with Crippen LogP contribution in [0.25, 0.3) is 0 Å². The highest BCUT2D eigenvalue weighted by atomic mass is 16.4. The first kappa shape index (κ1) is 15.8. The maximum absolute atomic E-state index is 12.1. The third-order valence-electron chi connectivity index (χ3n) is 4.47. The monoisotopic (exact) mass is 270 g/mol. The molecule has 0 spiro atoms. The number of hydrogen-bond donors (Lipinski definition) is 2. The second kappa shape index (κ2) is 5.80. The van der Waals surface area contributed by atoms with E-state index in [-0.39, 0.29) is 18.0 Å². The smallest absolute Gasteiger partial charge is 0.317 e. The van der Waals surface area contributed by atoms with E-state index in [2.05, 4.69) is 5.32 Å². The van der Waals surface area contributed by atoms with Gasteiger partial charge < -0.3 is 15.3 Å². The van der Waals surface area contributed by atoms with Gasteiger partial charge in [-0.3, -0.25) is 4.79 Å². The van der Waals surface area contributed by atoms with Crippen molar-refractivity contribution in [2.45, 2.75) is 47.1 Å². The van der Waals surface area contributed by atoms with Crippen molar-refractivity contribution in [3.63, 3.8) is 0 Å². The van der Waals surface area contributed by atoms with Crippen LogP contribution in [0.2, 0.25) is 0 Å². The molecule has 1 aliphatic heterocycles. The predicted octanol–water partition coefficient (Wildman–Crippen LogP) is 2.17. The Morgan fingerprint density at radius 1 is 1.21 bits per heavy atom. The van der Waals surface area contributed by atoms with Crippen molar-refractivity contribution in [2.24, 2.45) is 17.3 Å². The molecule has 0 bridgehead atoms. The third kappa shape index (κ3) is 3.19. The van der Waals surface area contributed by atoms with E-state index in [9.17, 15) is 14.7 Å². The first-order valence-corrected chi connectivity index (χ1v) is 6.99. The van der Waals surface area contributed by atoms with Gasteiger partial charge in [0.25, 0.3) is 0 Å². The summed E-state index contributed by atoms with van der Waals surface area (Å²) in [6.45, 7) is 10.7. The molecule has 2 unspecified atom stereocenters. The van der Waals surface area contributed by atoms with Crippen LogP contribution in [-0.4, -0.2) is 41.1 Å². The lowest BCUT2D eigenvalue weighted by molar-refractivity contribution is -0.150. The van der Waals surface area contributed by atoms with Crippen molar-refractivity contribution in [1.29, 1.82) is 0 Å². The summed E-state index contributed by atoms with van der Waals surface area (Å²) in [6, 6.07) is -0.0589. The maximum Gasteiger partial charge on any atom is 0.317 e. The van der Waals surface area contributed by atoms with Crippen molar-refractivity contribution in [3.8, 4) is 0 Å². The highest BCUT2D eigenvalue weighted by Crippen LogP contribution is 2.38. The van der Waals surface area contributed by atoms with Crippen LogP contribution in [0.15, 0.2) is 0 Å². The number of carboxylic acid groups (broad SMARTS) is 1. The van der Waals surface area contributed by atoms with E-state index in [4.69, 9.17) is 0 Å². The van der Waals surface area contributed by atoms with Crippen molar-refractivity contribution in [2.75, 3.05) is 13.1 Å². The molecule has 5 heteroatoms. The molecule has 0 aromatic carbocycles. The first-order chi connectivity index (χ1) is 8.70.